The highest BCUT2D eigenvalue weighted by atomic mass is 16.2. The van der Waals surface area contributed by atoms with Crippen molar-refractivity contribution in [3.8, 4) is 0 Å². The van der Waals surface area contributed by atoms with E-state index in [0.717, 1.165) is 19.0 Å². The average Bonchev–Trinajstić information content (AvgIpc) is 2.90. The van der Waals surface area contributed by atoms with Gasteiger partial charge < -0.3 is 9.80 Å². The summed E-state index contributed by atoms with van der Waals surface area (Å²) in [7, 11) is 0. The summed E-state index contributed by atoms with van der Waals surface area (Å²) in [5.41, 5.74) is 0.163. The van der Waals surface area contributed by atoms with E-state index in [1.807, 2.05) is 0 Å². The summed E-state index contributed by atoms with van der Waals surface area (Å²) in [5.74, 6) is 1.28. The van der Waals surface area contributed by atoms with Gasteiger partial charge in [-0.15, -0.1) is 0 Å². The van der Waals surface area contributed by atoms with Crippen LogP contribution in [0.5, 0.6) is 0 Å². The van der Waals surface area contributed by atoms with E-state index in [-0.39, 0.29) is 5.41 Å². The summed E-state index contributed by atoms with van der Waals surface area (Å²) in [6.45, 7) is 12.0. The number of hydrogen-bond donors (Lipinski definition) is 0. The van der Waals surface area contributed by atoms with E-state index in [2.05, 4.69) is 30.6 Å². The fourth-order valence-electron chi connectivity index (χ4n) is 5.12. The zero-order valence-corrected chi connectivity index (χ0v) is 15.6. The number of amides is 1. The first-order chi connectivity index (χ1) is 10.9. The van der Waals surface area contributed by atoms with Gasteiger partial charge >= 0.3 is 0 Å². The van der Waals surface area contributed by atoms with Crippen molar-refractivity contribution in [2.45, 2.75) is 72.1 Å². The molecule has 1 aliphatic carbocycles. The third-order valence-corrected chi connectivity index (χ3v) is 6.35. The molecular formula is C20H36N2O. The van der Waals surface area contributed by atoms with Gasteiger partial charge in [0.2, 0.25) is 5.91 Å². The van der Waals surface area contributed by atoms with Crippen LogP contribution < -0.4 is 0 Å². The first-order valence-electron chi connectivity index (χ1n) is 9.90. The van der Waals surface area contributed by atoms with E-state index in [1.54, 1.807) is 0 Å². The third kappa shape index (κ3) is 4.10. The van der Waals surface area contributed by atoms with E-state index in [9.17, 15) is 4.79 Å². The number of carbonyl (C=O) groups is 1. The second-order valence-electron chi connectivity index (χ2n) is 9.57. The highest BCUT2D eigenvalue weighted by Gasteiger charge is 2.44. The van der Waals surface area contributed by atoms with Crippen LogP contribution >= 0.6 is 0 Å². The lowest BCUT2D eigenvalue weighted by Gasteiger charge is -2.42. The van der Waals surface area contributed by atoms with E-state index in [4.69, 9.17) is 0 Å². The summed E-state index contributed by atoms with van der Waals surface area (Å²) < 4.78 is 0. The van der Waals surface area contributed by atoms with Gasteiger partial charge in [0.25, 0.3) is 0 Å². The molecule has 0 N–H and O–H groups in total. The first-order valence-corrected chi connectivity index (χ1v) is 9.90. The number of carbonyl (C=O) groups excluding carboxylic acids is 1. The molecule has 3 fully saturated rings. The summed E-state index contributed by atoms with van der Waals surface area (Å²) >= 11 is 0. The van der Waals surface area contributed by atoms with Gasteiger partial charge in [0.15, 0.2) is 0 Å². The SMILES string of the molecule is CC(C)(C)C(=O)N1CCC2(CCCN(CC3CCCCC3)C2)C1. The Balaban J connectivity index is 1.56. The van der Waals surface area contributed by atoms with Gasteiger partial charge in [0.05, 0.1) is 0 Å². The van der Waals surface area contributed by atoms with Gasteiger partial charge in [-0.1, -0.05) is 40.0 Å². The highest BCUT2D eigenvalue weighted by Crippen LogP contribution is 2.40. The molecule has 3 heteroatoms. The lowest BCUT2D eigenvalue weighted by molar-refractivity contribution is -0.139. The Morgan fingerprint density at radius 1 is 1.00 bits per heavy atom. The molecule has 1 amide bonds. The van der Waals surface area contributed by atoms with Crippen LogP contribution in [0.4, 0.5) is 0 Å². The second-order valence-corrected chi connectivity index (χ2v) is 9.57. The Hall–Kier alpha value is -0.570. The van der Waals surface area contributed by atoms with Gasteiger partial charge in [-0.3, -0.25) is 4.79 Å². The standard InChI is InChI=1S/C20H36N2O/c1-19(2,3)18(23)22-13-11-20(16-22)10-7-12-21(15-20)14-17-8-5-4-6-9-17/h17H,4-16H2,1-3H3. The predicted molar refractivity (Wildman–Crippen MR) is 95.3 cm³/mol. The van der Waals surface area contributed by atoms with Gasteiger partial charge in [-0.25, -0.2) is 0 Å². The molecule has 1 unspecified atom stereocenters. The summed E-state index contributed by atoms with van der Waals surface area (Å²) in [6, 6.07) is 0. The van der Waals surface area contributed by atoms with Crippen molar-refractivity contribution in [2.75, 3.05) is 32.7 Å². The Morgan fingerprint density at radius 2 is 1.74 bits per heavy atom. The maximum Gasteiger partial charge on any atom is 0.227 e. The van der Waals surface area contributed by atoms with Crippen molar-refractivity contribution in [1.29, 1.82) is 0 Å². The molecule has 3 aliphatic rings. The fourth-order valence-corrected chi connectivity index (χ4v) is 5.12. The molecule has 23 heavy (non-hydrogen) atoms. The van der Waals surface area contributed by atoms with Crippen LogP contribution in [-0.2, 0) is 4.79 Å². The van der Waals surface area contributed by atoms with Crippen LogP contribution in [0.25, 0.3) is 0 Å². The Morgan fingerprint density at radius 3 is 2.43 bits per heavy atom. The van der Waals surface area contributed by atoms with Gasteiger partial charge in [0.1, 0.15) is 0 Å². The molecule has 132 valence electrons. The Kier molecular flexibility index (Phi) is 5.06. The molecule has 2 aliphatic heterocycles. The molecular weight excluding hydrogens is 284 g/mol. The van der Waals surface area contributed by atoms with Crippen molar-refractivity contribution in [3.63, 3.8) is 0 Å². The average molecular weight is 321 g/mol. The van der Waals surface area contributed by atoms with Crippen LogP contribution in [0.2, 0.25) is 0 Å². The predicted octanol–water partition coefficient (Wildman–Crippen LogP) is 3.93. The van der Waals surface area contributed by atoms with E-state index in [0.29, 0.717) is 11.3 Å². The second kappa shape index (κ2) is 6.74. The smallest absolute Gasteiger partial charge is 0.227 e. The molecule has 2 heterocycles. The number of rotatable bonds is 2. The van der Waals surface area contributed by atoms with Crippen LogP contribution in [-0.4, -0.2) is 48.4 Å². The van der Waals surface area contributed by atoms with Crippen LogP contribution in [0.1, 0.15) is 72.1 Å². The van der Waals surface area contributed by atoms with Crippen molar-refractivity contribution in [1.82, 2.24) is 9.80 Å². The van der Waals surface area contributed by atoms with Crippen LogP contribution in [0.3, 0.4) is 0 Å². The van der Waals surface area contributed by atoms with Crippen molar-refractivity contribution < 1.29 is 4.79 Å². The van der Waals surface area contributed by atoms with Crippen molar-refractivity contribution in [2.24, 2.45) is 16.7 Å². The minimum absolute atomic E-state index is 0.234. The Bertz CT molecular complexity index is 422. The quantitative estimate of drug-likeness (QED) is 0.770. The maximum atomic E-state index is 12.6. The summed E-state index contributed by atoms with van der Waals surface area (Å²) in [4.78, 5) is 17.5. The molecule has 3 rings (SSSR count). The topological polar surface area (TPSA) is 23.6 Å². The molecule has 1 spiro atoms. The molecule has 3 nitrogen and oxygen atoms in total. The van der Waals surface area contributed by atoms with Crippen LogP contribution in [0.15, 0.2) is 0 Å². The summed E-state index contributed by atoms with van der Waals surface area (Å²) in [5, 5.41) is 0. The number of piperidine rings is 1. The minimum atomic E-state index is -0.234. The Labute approximate surface area is 142 Å². The zero-order chi connectivity index (χ0) is 16.5. The first kappa shape index (κ1) is 17.3. The highest BCUT2D eigenvalue weighted by molar-refractivity contribution is 5.81. The lowest BCUT2D eigenvalue weighted by Crippen LogP contribution is -2.47. The van der Waals surface area contributed by atoms with E-state index in [1.165, 1.54) is 71.0 Å². The van der Waals surface area contributed by atoms with E-state index >= 15 is 0 Å². The zero-order valence-electron chi connectivity index (χ0n) is 15.6. The fraction of sp³-hybridized carbons (Fsp3) is 0.950. The van der Waals surface area contributed by atoms with Crippen molar-refractivity contribution >= 4 is 5.91 Å². The normalized spacial score (nSPS) is 31.0. The monoisotopic (exact) mass is 320 g/mol. The number of hydrogen-bond acceptors (Lipinski definition) is 2. The number of nitrogens with zero attached hydrogens (tertiary/aromatic N) is 2. The lowest BCUT2D eigenvalue weighted by atomic mass is 9.78. The third-order valence-electron chi connectivity index (χ3n) is 6.35. The molecule has 0 aromatic rings. The molecule has 2 saturated heterocycles. The van der Waals surface area contributed by atoms with Gasteiger partial charge in [-0.05, 0) is 44.6 Å². The van der Waals surface area contributed by atoms with E-state index < -0.39 is 0 Å². The molecule has 0 bridgehead atoms. The molecule has 1 saturated carbocycles. The van der Waals surface area contributed by atoms with Crippen molar-refractivity contribution in [3.05, 3.63) is 0 Å². The van der Waals surface area contributed by atoms with Gasteiger partial charge in [0, 0.05) is 37.0 Å². The largest absolute Gasteiger partial charge is 0.342 e. The minimum Gasteiger partial charge on any atom is -0.342 e. The van der Waals surface area contributed by atoms with Crippen LogP contribution in [0, 0.1) is 16.7 Å². The molecule has 1 atom stereocenters. The van der Waals surface area contributed by atoms with Gasteiger partial charge in [-0.2, -0.15) is 0 Å². The molecule has 0 aromatic heterocycles. The molecule has 0 aromatic carbocycles. The summed E-state index contributed by atoms with van der Waals surface area (Å²) in [6.07, 6.45) is 11.1. The number of likely N-dealkylation sites (tertiary alicyclic amines) is 2. The molecule has 0 radical (unpaired) electrons. The maximum absolute atomic E-state index is 12.6.